The Balaban J connectivity index is 1.61. The quantitative estimate of drug-likeness (QED) is 0.896. The number of carbonyl (C=O) groups excluding carboxylic acids is 1. The van der Waals surface area contributed by atoms with E-state index in [2.05, 4.69) is 37.5 Å². The maximum absolute atomic E-state index is 13.5. The molecule has 0 saturated carbocycles. The molecule has 1 N–H and O–H groups in total. The fourth-order valence-corrected chi connectivity index (χ4v) is 4.39. The van der Waals surface area contributed by atoms with E-state index in [1.54, 1.807) is 0 Å². The summed E-state index contributed by atoms with van der Waals surface area (Å²) in [5.41, 5.74) is 2.92. The summed E-state index contributed by atoms with van der Waals surface area (Å²) >= 11 is 0. The van der Waals surface area contributed by atoms with E-state index in [1.165, 1.54) is 5.56 Å². The number of aromatic nitrogens is 2. The zero-order valence-corrected chi connectivity index (χ0v) is 16.3. The highest BCUT2D eigenvalue weighted by molar-refractivity contribution is 5.88. The molecule has 2 heterocycles. The topological polar surface area (TPSA) is 56.2 Å². The second-order valence-corrected chi connectivity index (χ2v) is 8.09. The Morgan fingerprint density at radius 2 is 2.00 bits per heavy atom. The summed E-state index contributed by atoms with van der Waals surface area (Å²) in [6, 6.07) is 10.5. The van der Waals surface area contributed by atoms with Crippen molar-refractivity contribution < 1.29 is 9.53 Å². The lowest BCUT2D eigenvalue weighted by atomic mass is 9.73. The fraction of sp³-hybridized carbons (Fsp3) is 0.545. The minimum atomic E-state index is -0.502. The van der Waals surface area contributed by atoms with Gasteiger partial charge in [0.05, 0.1) is 17.2 Å². The molecule has 5 heteroatoms. The van der Waals surface area contributed by atoms with E-state index in [0.717, 1.165) is 43.4 Å². The lowest BCUT2D eigenvalue weighted by Gasteiger charge is -2.37. The normalized spacial score (nSPS) is 21.7. The minimum Gasteiger partial charge on any atom is -0.381 e. The van der Waals surface area contributed by atoms with Crippen LogP contribution in [0.1, 0.15) is 68.4 Å². The van der Waals surface area contributed by atoms with Crippen molar-refractivity contribution in [2.45, 2.75) is 63.5 Å². The third-order valence-electron chi connectivity index (χ3n) is 6.05. The zero-order valence-electron chi connectivity index (χ0n) is 16.3. The number of hydrogen-bond acceptors (Lipinski definition) is 3. The Bertz CT molecular complexity index is 791. The van der Waals surface area contributed by atoms with Crippen molar-refractivity contribution in [2.75, 3.05) is 13.2 Å². The first-order chi connectivity index (χ1) is 13.1. The van der Waals surface area contributed by atoms with Crippen molar-refractivity contribution >= 4 is 5.91 Å². The first kappa shape index (κ1) is 18.2. The fourth-order valence-electron chi connectivity index (χ4n) is 4.39. The number of nitrogens with one attached hydrogen (secondary N) is 1. The molecule has 1 aromatic carbocycles. The molecule has 1 fully saturated rings. The Labute approximate surface area is 161 Å². The molecule has 144 valence electrons. The van der Waals surface area contributed by atoms with Crippen molar-refractivity contribution in [3.8, 4) is 0 Å². The van der Waals surface area contributed by atoms with Gasteiger partial charge in [-0.2, -0.15) is 5.10 Å². The number of hydrogen-bond donors (Lipinski definition) is 1. The number of fused-ring (bicyclic) bond motifs is 1. The summed E-state index contributed by atoms with van der Waals surface area (Å²) < 4.78 is 7.60. The van der Waals surface area contributed by atoms with E-state index >= 15 is 0 Å². The van der Waals surface area contributed by atoms with Gasteiger partial charge in [-0.1, -0.05) is 30.3 Å². The second kappa shape index (κ2) is 7.47. The van der Waals surface area contributed by atoms with Gasteiger partial charge in [-0.05, 0) is 57.1 Å². The molecular weight excluding hydrogens is 338 g/mol. The molecule has 0 bridgehead atoms. The van der Waals surface area contributed by atoms with Crippen molar-refractivity contribution in [2.24, 2.45) is 0 Å². The predicted molar refractivity (Wildman–Crippen MR) is 105 cm³/mol. The van der Waals surface area contributed by atoms with Gasteiger partial charge >= 0.3 is 0 Å². The van der Waals surface area contributed by atoms with E-state index in [4.69, 9.17) is 9.84 Å². The molecule has 1 atom stereocenters. The molecule has 5 nitrogen and oxygen atoms in total. The molecule has 1 saturated heterocycles. The molecule has 0 radical (unpaired) electrons. The standard InChI is InChI=1S/C22H29N3O2/c1-16(2)25-15-17-7-6-10-19(20(17)24-25)23-21(26)22(11-13-27-14-12-22)18-8-4-3-5-9-18/h3-5,8-9,15-16,19H,6-7,10-14H2,1-2H3,(H,23,26). The van der Waals surface area contributed by atoms with Crippen LogP contribution in [0, 0.1) is 0 Å². The number of nitrogens with zero attached hydrogens (tertiary/aromatic N) is 2. The molecule has 1 aromatic heterocycles. The van der Waals surface area contributed by atoms with Crippen LogP contribution in [-0.4, -0.2) is 28.9 Å². The molecule has 2 aliphatic rings. The van der Waals surface area contributed by atoms with E-state index < -0.39 is 5.41 Å². The highest BCUT2D eigenvalue weighted by atomic mass is 16.5. The Morgan fingerprint density at radius 3 is 2.70 bits per heavy atom. The predicted octanol–water partition coefficient (Wildman–Crippen LogP) is 3.71. The maximum Gasteiger partial charge on any atom is 0.231 e. The molecular formula is C22H29N3O2. The average Bonchev–Trinajstić information content (AvgIpc) is 3.15. The van der Waals surface area contributed by atoms with Crippen LogP contribution in [0.4, 0.5) is 0 Å². The SMILES string of the molecule is CC(C)n1cc2c(n1)C(NC(=O)C1(c3ccccc3)CCOCC1)CCC2. The maximum atomic E-state index is 13.5. The highest BCUT2D eigenvalue weighted by Gasteiger charge is 2.43. The van der Waals surface area contributed by atoms with Crippen molar-refractivity contribution in [3.05, 3.63) is 53.3 Å². The molecule has 1 unspecified atom stereocenters. The number of rotatable bonds is 4. The number of aryl methyl sites for hydroxylation is 1. The zero-order chi connectivity index (χ0) is 18.9. The van der Waals surface area contributed by atoms with Crippen molar-refractivity contribution in [3.63, 3.8) is 0 Å². The van der Waals surface area contributed by atoms with Crippen molar-refractivity contribution in [1.82, 2.24) is 15.1 Å². The van der Waals surface area contributed by atoms with E-state index in [1.807, 2.05) is 22.9 Å². The summed E-state index contributed by atoms with van der Waals surface area (Å²) in [5, 5.41) is 8.17. The first-order valence-electron chi connectivity index (χ1n) is 10.1. The van der Waals surface area contributed by atoms with Crippen LogP contribution in [-0.2, 0) is 21.4 Å². The van der Waals surface area contributed by atoms with Crippen molar-refractivity contribution in [1.29, 1.82) is 0 Å². The first-order valence-corrected chi connectivity index (χ1v) is 10.1. The lowest BCUT2D eigenvalue weighted by molar-refractivity contribution is -0.131. The van der Waals surface area contributed by atoms with Gasteiger partial charge in [0, 0.05) is 25.5 Å². The van der Waals surface area contributed by atoms with Gasteiger partial charge < -0.3 is 10.1 Å². The monoisotopic (exact) mass is 367 g/mol. The van der Waals surface area contributed by atoms with Gasteiger partial charge in [0.25, 0.3) is 0 Å². The molecule has 4 rings (SSSR count). The summed E-state index contributed by atoms with van der Waals surface area (Å²) in [6.07, 6.45) is 6.69. The van der Waals surface area contributed by atoms with Crippen LogP contribution in [0.5, 0.6) is 0 Å². The molecule has 2 aromatic rings. The highest BCUT2D eigenvalue weighted by Crippen LogP contribution is 2.37. The van der Waals surface area contributed by atoms with Crippen LogP contribution in [0.15, 0.2) is 36.5 Å². The molecule has 0 spiro atoms. The largest absolute Gasteiger partial charge is 0.381 e. The minimum absolute atomic E-state index is 0.00434. The van der Waals surface area contributed by atoms with E-state index in [-0.39, 0.29) is 11.9 Å². The van der Waals surface area contributed by atoms with Gasteiger partial charge in [0.2, 0.25) is 5.91 Å². The molecule has 1 aliphatic heterocycles. The van der Waals surface area contributed by atoms with Gasteiger partial charge in [-0.25, -0.2) is 0 Å². The van der Waals surface area contributed by atoms with Gasteiger partial charge in [-0.15, -0.1) is 0 Å². The Morgan fingerprint density at radius 1 is 1.26 bits per heavy atom. The molecule has 1 aliphatic carbocycles. The van der Waals surface area contributed by atoms with Crippen LogP contribution < -0.4 is 5.32 Å². The van der Waals surface area contributed by atoms with Crippen LogP contribution in [0.3, 0.4) is 0 Å². The lowest BCUT2D eigenvalue weighted by Crippen LogP contribution is -2.49. The van der Waals surface area contributed by atoms with Crippen LogP contribution in [0.2, 0.25) is 0 Å². The summed E-state index contributed by atoms with van der Waals surface area (Å²) in [5.74, 6) is 0.119. The third kappa shape index (κ3) is 3.41. The average molecular weight is 367 g/mol. The summed E-state index contributed by atoms with van der Waals surface area (Å²) in [4.78, 5) is 13.5. The number of ether oxygens (including phenoxy) is 1. The number of amides is 1. The van der Waals surface area contributed by atoms with E-state index in [9.17, 15) is 4.79 Å². The molecule has 27 heavy (non-hydrogen) atoms. The van der Waals surface area contributed by atoms with E-state index in [0.29, 0.717) is 19.3 Å². The third-order valence-corrected chi connectivity index (χ3v) is 6.05. The van der Waals surface area contributed by atoms with Gasteiger partial charge in [0.1, 0.15) is 0 Å². The Hall–Kier alpha value is -2.14. The Kier molecular flexibility index (Phi) is 5.04. The van der Waals surface area contributed by atoms with Gasteiger partial charge in [0.15, 0.2) is 0 Å². The molecule has 1 amide bonds. The smallest absolute Gasteiger partial charge is 0.231 e. The van der Waals surface area contributed by atoms with Crippen LogP contribution >= 0.6 is 0 Å². The summed E-state index contributed by atoms with van der Waals surface area (Å²) in [6.45, 7) is 5.53. The number of benzene rings is 1. The summed E-state index contributed by atoms with van der Waals surface area (Å²) in [7, 11) is 0. The van der Waals surface area contributed by atoms with Crippen LogP contribution in [0.25, 0.3) is 0 Å². The van der Waals surface area contributed by atoms with Gasteiger partial charge in [-0.3, -0.25) is 9.48 Å². The number of carbonyl (C=O) groups is 1. The second-order valence-electron chi connectivity index (χ2n) is 8.09.